The van der Waals surface area contributed by atoms with E-state index >= 15 is 0 Å². The topological polar surface area (TPSA) is 94.5 Å². The van der Waals surface area contributed by atoms with Gasteiger partial charge in [0.15, 0.2) is 5.60 Å². The Bertz CT molecular complexity index is 1180. The molecule has 3 aromatic rings. The van der Waals surface area contributed by atoms with Crippen molar-refractivity contribution in [2.45, 2.75) is 30.9 Å². The smallest absolute Gasteiger partial charge is 0.258 e. The molecule has 0 radical (unpaired) electrons. The van der Waals surface area contributed by atoms with Crippen molar-refractivity contribution >= 4 is 35.1 Å². The first-order chi connectivity index (χ1) is 16.5. The summed E-state index contributed by atoms with van der Waals surface area (Å²) in [6, 6.07) is 9.73. The van der Waals surface area contributed by atoms with E-state index in [2.05, 4.69) is 20.9 Å². The molecule has 1 unspecified atom stereocenters. The highest BCUT2D eigenvalue weighted by Crippen LogP contribution is 2.36. The average Bonchev–Trinajstić information content (AvgIpc) is 3.47. The molecule has 5 rings (SSSR count). The van der Waals surface area contributed by atoms with Crippen LogP contribution in [0.25, 0.3) is 22.0 Å². The largest absolute Gasteiger partial charge is 0.375 e. The number of carbonyl (C=O) groups is 1. The molecule has 178 valence electrons. The van der Waals surface area contributed by atoms with Crippen LogP contribution in [-0.4, -0.2) is 74.2 Å². The Labute approximate surface area is 207 Å². The van der Waals surface area contributed by atoms with Gasteiger partial charge in [0.2, 0.25) is 5.95 Å². The van der Waals surface area contributed by atoms with Crippen molar-refractivity contribution in [2.75, 3.05) is 38.3 Å². The molecule has 0 spiro atoms. The van der Waals surface area contributed by atoms with E-state index in [-0.39, 0.29) is 5.91 Å². The van der Waals surface area contributed by atoms with Gasteiger partial charge in [0.25, 0.3) is 5.91 Å². The summed E-state index contributed by atoms with van der Waals surface area (Å²) in [5, 5.41) is 17.3. The lowest BCUT2D eigenvalue weighted by molar-refractivity contribution is -0.143. The minimum atomic E-state index is -1.47. The van der Waals surface area contributed by atoms with Crippen molar-refractivity contribution in [3.05, 3.63) is 47.5 Å². The fourth-order valence-corrected chi connectivity index (χ4v) is 5.88. The number of carbonyl (C=O) groups excluding carboxylic acids is 1. The number of benzene rings is 1. The van der Waals surface area contributed by atoms with Gasteiger partial charge in [-0.25, -0.2) is 15.0 Å². The minimum absolute atomic E-state index is 0.260. The van der Waals surface area contributed by atoms with E-state index in [1.165, 1.54) is 11.3 Å². The first-order valence-electron chi connectivity index (χ1n) is 11.4. The zero-order valence-corrected chi connectivity index (χ0v) is 20.9. The normalized spacial score (nSPS) is 21.9. The number of amides is 1. The van der Waals surface area contributed by atoms with Gasteiger partial charge in [0.05, 0.1) is 5.69 Å². The van der Waals surface area contributed by atoms with Gasteiger partial charge >= 0.3 is 0 Å². The monoisotopic (exact) mass is 496 g/mol. The Morgan fingerprint density at radius 3 is 2.74 bits per heavy atom. The number of nitrogens with one attached hydrogen (secondary N) is 1. The predicted octanol–water partition coefficient (Wildman–Crippen LogP) is 3.47. The number of piperidine rings is 1. The predicted molar refractivity (Wildman–Crippen MR) is 136 cm³/mol. The zero-order chi connectivity index (χ0) is 23.7. The summed E-state index contributed by atoms with van der Waals surface area (Å²) in [5.41, 5.74) is 1.56. The standard InChI is InChI=1S/C24H28N6O2S2/c1-29-13-9-24(32,22(29)31)17-5-3-4-16(14-17)21-27-20(15-34-21)19-6-10-25-23(28-19)26-18-7-11-30(33-2)12-8-18/h3-6,10,14-15,18,32H,7-9,11-13H2,1-2H3,(H,25,26,28). The molecule has 8 nitrogen and oxygen atoms in total. The first kappa shape index (κ1) is 23.2. The molecular weight excluding hydrogens is 468 g/mol. The van der Waals surface area contributed by atoms with Crippen molar-refractivity contribution in [3.63, 3.8) is 0 Å². The number of hydrogen-bond donors (Lipinski definition) is 2. The third-order valence-corrected chi connectivity index (χ3v) is 8.34. The van der Waals surface area contributed by atoms with Gasteiger partial charge in [-0.1, -0.05) is 30.1 Å². The second-order valence-corrected chi connectivity index (χ2v) is 10.5. The molecule has 10 heteroatoms. The van der Waals surface area contributed by atoms with Crippen LogP contribution in [0.4, 0.5) is 5.95 Å². The molecule has 1 amide bonds. The van der Waals surface area contributed by atoms with Gasteiger partial charge in [0, 0.05) is 56.3 Å². The molecule has 2 aliphatic heterocycles. The van der Waals surface area contributed by atoms with Crippen molar-refractivity contribution < 1.29 is 9.90 Å². The van der Waals surface area contributed by atoms with Crippen LogP contribution in [0.15, 0.2) is 41.9 Å². The number of rotatable bonds is 6. The van der Waals surface area contributed by atoms with Crippen LogP contribution in [-0.2, 0) is 10.4 Å². The summed E-state index contributed by atoms with van der Waals surface area (Å²) in [7, 11) is 1.72. The number of aromatic nitrogens is 3. The van der Waals surface area contributed by atoms with Crippen molar-refractivity contribution in [1.29, 1.82) is 0 Å². The maximum atomic E-state index is 12.5. The average molecular weight is 497 g/mol. The Kier molecular flexibility index (Phi) is 6.57. The number of likely N-dealkylation sites (N-methyl/N-ethyl adjacent to an activating group) is 1. The van der Waals surface area contributed by atoms with Crippen LogP contribution in [0, 0.1) is 0 Å². The van der Waals surface area contributed by atoms with Crippen molar-refractivity contribution in [3.8, 4) is 22.0 Å². The van der Waals surface area contributed by atoms with Crippen LogP contribution >= 0.6 is 23.3 Å². The molecule has 1 atom stereocenters. The van der Waals surface area contributed by atoms with E-state index in [0.717, 1.165) is 47.9 Å². The Hall–Kier alpha value is -2.53. The highest BCUT2D eigenvalue weighted by Gasteiger charge is 2.45. The fraction of sp³-hybridized carbons (Fsp3) is 0.417. The summed E-state index contributed by atoms with van der Waals surface area (Å²) in [6.07, 6.45) is 6.40. The van der Waals surface area contributed by atoms with Crippen LogP contribution in [0.5, 0.6) is 0 Å². The van der Waals surface area contributed by atoms with E-state index in [9.17, 15) is 9.90 Å². The molecule has 4 heterocycles. The second kappa shape index (κ2) is 9.61. The van der Waals surface area contributed by atoms with E-state index in [0.29, 0.717) is 30.5 Å². The first-order valence-corrected chi connectivity index (χ1v) is 13.5. The molecule has 0 aliphatic carbocycles. The van der Waals surface area contributed by atoms with Gasteiger partial charge in [-0.05, 0) is 36.8 Å². The lowest BCUT2D eigenvalue weighted by Crippen LogP contribution is -2.36. The molecule has 2 aromatic heterocycles. The Morgan fingerprint density at radius 2 is 2.00 bits per heavy atom. The summed E-state index contributed by atoms with van der Waals surface area (Å²) in [5.74, 6) is 0.368. The number of aliphatic hydroxyl groups is 1. The highest BCUT2D eigenvalue weighted by atomic mass is 32.2. The van der Waals surface area contributed by atoms with E-state index < -0.39 is 5.60 Å². The van der Waals surface area contributed by atoms with Gasteiger partial charge in [-0.15, -0.1) is 11.3 Å². The lowest BCUT2D eigenvalue weighted by Gasteiger charge is -2.30. The van der Waals surface area contributed by atoms with E-state index in [4.69, 9.17) is 9.97 Å². The Morgan fingerprint density at radius 1 is 1.18 bits per heavy atom. The number of likely N-dealkylation sites (tertiary alicyclic amines) is 1. The van der Waals surface area contributed by atoms with Gasteiger partial charge in [0.1, 0.15) is 10.7 Å². The molecule has 34 heavy (non-hydrogen) atoms. The molecular formula is C24H28N6O2S2. The van der Waals surface area contributed by atoms with Crippen molar-refractivity contribution in [1.82, 2.24) is 24.2 Å². The fourth-order valence-electron chi connectivity index (χ4n) is 4.49. The lowest BCUT2D eigenvalue weighted by atomic mass is 9.91. The van der Waals surface area contributed by atoms with Gasteiger partial charge in [-0.2, -0.15) is 0 Å². The zero-order valence-electron chi connectivity index (χ0n) is 19.3. The SMILES string of the molecule is CSN1CCC(Nc2nccc(-c3csc(-c4cccc(C5(O)CCN(C)C5=O)c4)n3)n2)CC1. The molecule has 2 N–H and O–H groups in total. The number of hydrogen-bond acceptors (Lipinski definition) is 9. The van der Waals surface area contributed by atoms with Gasteiger partial charge in [-0.3, -0.25) is 9.10 Å². The summed E-state index contributed by atoms with van der Waals surface area (Å²) < 4.78 is 2.38. The van der Waals surface area contributed by atoms with E-state index in [1.807, 2.05) is 29.6 Å². The second-order valence-electron chi connectivity index (χ2n) is 8.75. The molecule has 0 saturated carbocycles. The van der Waals surface area contributed by atoms with Crippen LogP contribution in [0.2, 0.25) is 0 Å². The molecule has 1 aromatic carbocycles. The van der Waals surface area contributed by atoms with Crippen molar-refractivity contribution in [2.24, 2.45) is 0 Å². The van der Waals surface area contributed by atoms with Crippen LogP contribution < -0.4 is 5.32 Å². The van der Waals surface area contributed by atoms with E-state index in [1.54, 1.807) is 36.2 Å². The molecule has 2 aliphatic rings. The minimum Gasteiger partial charge on any atom is -0.375 e. The summed E-state index contributed by atoms with van der Waals surface area (Å²) in [4.78, 5) is 28.0. The van der Waals surface area contributed by atoms with Gasteiger partial charge < -0.3 is 15.3 Å². The summed E-state index contributed by atoms with van der Waals surface area (Å²) >= 11 is 3.31. The van der Waals surface area contributed by atoms with Crippen LogP contribution in [0.3, 0.4) is 0 Å². The highest BCUT2D eigenvalue weighted by molar-refractivity contribution is 7.96. The molecule has 2 saturated heterocycles. The van der Waals surface area contributed by atoms with Crippen LogP contribution in [0.1, 0.15) is 24.8 Å². The Balaban J connectivity index is 1.33. The molecule has 2 fully saturated rings. The number of anilines is 1. The molecule has 0 bridgehead atoms. The quantitative estimate of drug-likeness (QED) is 0.501. The number of thiazole rings is 1. The number of nitrogens with zero attached hydrogens (tertiary/aromatic N) is 5. The maximum Gasteiger partial charge on any atom is 0.258 e. The maximum absolute atomic E-state index is 12.5. The third-order valence-electron chi connectivity index (χ3n) is 6.56. The summed E-state index contributed by atoms with van der Waals surface area (Å²) in [6.45, 7) is 2.66. The third kappa shape index (κ3) is 4.55.